The molecule has 0 rings (SSSR count). The largest absolute Gasteiger partial charge is 0.410 e. The van der Waals surface area contributed by atoms with E-state index in [0.29, 0.717) is 5.92 Å². The van der Waals surface area contributed by atoms with Crippen molar-refractivity contribution in [3.63, 3.8) is 0 Å². The quantitative estimate of drug-likeness (QED) is 0.422. The molecule has 0 spiro atoms. The molecule has 1 nitrogen and oxygen atoms in total. The molecule has 0 aliphatic rings. The van der Waals surface area contributed by atoms with E-state index in [2.05, 4.69) is 54.7 Å². The van der Waals surface area contributed by atoms with Crippen LogP contribution >= 0.6 is 0 Å². The van der Waals surface area contributed by atoms with E-state index < -0.39 is 8.32 Å². The van der Waals surface area contributed by atoms with Crippen LogP contribution in [-0.2, 0) is 4.43 Å². The van der Waals surface area contributed by atoms with Gasteiger partial charge in [-0.15, -0.1) is 13.2 Å². The van der Waals surface area contributed by atoms with E-state index in [1.165, 1.54) is 18.1 Å². The lowest BCUT2D eigenvalue weighted by Gasteiger charge is -2.39. The molecule has 0 saturated heterocycles. The summed E-state index contributed by atoms with van der Waals surface area (Å²) in [6.45, 7) is 21.5. The van der Waals surface area contributed by atoms with Gasteiger partial charge in [-0.2, -0.15) is 0 Å². The molecule has 0 fully saturated rings. The Hall–Kier alpha value is -0.343. The smallest absolute Gasteiger partial charge is 0.192 e. The molecule has 2 heteroatoms. The summed E-state index contributed by atoms with van der Waals surface area (Å²) in [6.07, 6.45) is 4.11. The second-order valence-electron chi connectivity index (χ2n) is 6.19. The van der Waals surface area contributed by atoms with Crippen LogP contribution in [0, 0.1) is 11.3 Å². The van der Waals surface area contributed by atoms with Crippen LogP contribution in [0.4, 0.5) is 0 Å². The summed E-state index contributed by atoms with van der Waals surface area (Å²) in [6, 6.07) is 3.54. The zero-order valence-electron chi connectivity index (χ0n) is 13.3. The lowest BCUT2D eigenvalue weighted by molar-refractivity contribution is 0.119. The fraction of sp³-hybridized carbons (Fsp3) is 0.750. The SMILES string of the molecule is C=CC(O[Si](CC)(CC)CC)C(C=C)C(C)(C)C. The van der Waals surface area contributed by atoms with Crippen molar-refractivity contribution in [2.75, 3.05) is 0 Å². The maximum atomic E-state index is 6.56. The molecule has 0 N–H and O–H groups in total. The molecule has 0 aliphatic heterocycles. The molecular weight excluding hydrogens is 236 g/mol. The lowest BCUT2D eigenvalue weighted by Crippen LogP contribution is -2.43. The Labute approximate surface area is 115 Å². The molecule has 0 amide bonds. The molecule has 2 unspecified atom stereocenters. The highest BCUT2D eigenvalue weighted by Gasteiger charge is 2.36. The van der Waals surface area contributed by atoms with E-state index in [9.17, 15) is 0 Å². The van der Waals surface area contributed by atoms with Gasteiger partial charge < -0.3 is 4.43 Å². The molecule has 0 aromatic carbocycles. The van der Waals surface area contributed by atoms with Gasteiger partial charge in [0.2, 0.25) is 0 Å². The average molecular weight is 269 g/mol. The minimum absolute atomic E-state index is 0.106. The lowest BCUT2D eigenvalue weighted by atomic mass is 9.77. The summed E-state index contributed by atoms with van der Waals surface area (Å²) in [7, 11) is -1.58. The Morgan fingerprint density at radius 3 is 1.67 bits per heavy atom. The van der Waals surface area contributed by atoms with Crippen LogP contribution in [0.25, 0.3) is 0 Å². The minimum Gasteiger partial charge on any atom is -0.410 e. The van der Waals surface area contributed by atoms with E-state index in [4.69, 9.17) is 4.43 Å². The monoisotopic (exact) mass is 268 g/mol. The molecule has 106 valence electrons. The Morgan fingerprint density at radius 2 is 1.44 bits per heavy atom. The van der Waals surface area contributed by atoms with Crippen molar-refractivity contribution < 1.29 is 4.43 Å². The summed E-state index contributed by atoms with van der Waals surface area (Å²) in [5.74, 6) is 0.325. The predicted octanol–water partition coefficient (Wildman–Crippen LogP) is 5.41. The molecule has 0 aliphatic carbocycles. The van der Waals surface area contributed by atoms with Gasteiger partial charge in [-0.3, -0.25) is 0 Å². The summed E-state index contributed by atoms with van der Waals surface area (Å²) in [5.41, 5.74) is 0.163. The fourth-order valence-corrected chi connectivity index (χ4v) is 5.36. The van der Waals surface area contributed by atoms with Gasteiger partial charge in [-0.1, -0.05) is 53.7 Å². The molecule has 0 heterocycles. The second kappa shape index (κ2) is 7.30. The van der Waals surface area contributed by atoms with Crippen LogP contribution < -0.4 is 0 Å². The first kappa shape index (κ1) is 17.7. The van der Waals surface area contributed by atoms with Gasteiger partial charge in [0, 0.05) is 5.92 Å². The summed E-state index contributed by atoms with van der Waals surface area (Å²) in [4.78, 5) is 0. The van der Waals surface area contributed by atoms with E-state index in [0.717, 1.165) is 0 Å². The van der Waals surface area contributed by atoms with Crippen LogP contribution in [0.5, 0.6) is 0 Å². The first-order chi connectivity index (χ1) is 8.30. The first-order valence-electron chi connectivity index (χ1n) is 7.23. The molecule has 0 bridgehead atoms. The third-order valence-corrected chi connectivity index (χ3v) is 8.80. The topological polar surface area (TPSA) is 9.23 Å². The Kier molecular flexibility index (Phi) is 7.16. The maximum Gasteiger partial charge on any atom is 0.192 e. The molecule has 0 aromatic rings. The number of hydrogen-bond donors (Lipinski definition) is 0. The molecule has 0 aromatic heterocycles. The zero-order valence-corrected chi connectivity index (χ0v) is 14.3. The summed E-state index contributed by atoms with van der Waals surface area (Å²) in [5, 5.41) is 0. The molecule has 2 atom stereocenters. The van der Waals surface area contributed by atoms with Crippen LogP contribution in [0.3, 0.4) is 0 Å². The highest BCUT2D eigenvalue weighted by molar-refractivity contribution is 6.73. The standard InChI is InChI=1S/C16H32OSi/c1-9-14(16(6,7)8)15(10-2)17-18(11-3,12-4)13-5/h9-10,14-15H,1-2,11-13H2,3-8H3. The fourth-order valence-electron chi connectivity index (χ4n) is 2.54. The van der Waals surface area contributed by atoms with E-state index in [1.54, 1.807) is 0 Å². The van der Waals surface area contributed by atoms with Gasteiger partial charge in [0.25, 0.3) is 0 Å². The Balaban J connectivity index is 5.09. The van der Waals surface area contributed by atoms with Crippen molar-refractivity contribution >= 4 is 8.32 Å². The highest BCUT2D eigenvalue weighted by Crippen LogP contribution is 2.35. The first-order valence-corrected chi connectivity index (χ1v) is 9.76. The van der Waals surface area contributed by atoms with Crippen molar-refractivity contribution in [1.82, 2.24) is 0 Å². The highest BCUT2D eigenvalue weighted by atomic mass is 28.4. The Morgan fingerprint density at radius 1 is 1.00 bits per heavy atom. The third kappa shape index (κ3) is 4.40. The summed E-state index contributed by atoms with van der Waals surface area (Å²) < 4.78 is 6.56. The third-order valence-electron chi connectivity index (χ3n) is 4.16. The van der Waals surface area contributed by atoms with Crippen molar-refractivity contribution in [3.8, 4) is 0 Å². The van der Waals surface area contributed by atoms with E-state index in [1.807, 2.05) is 12.2 Å². The predicted molar refractivity (Wildman–Crippen MR) is 85.4 cm³/mol. The number of hydrogen-bond acceptors (Lipinski definition) is 1. The Bertz CT molecular complexity index is 252. The van der Waals surface area contributed by atoms with Gasteiger partial charge in [-0.05, 0) is 23.5 Å². The molecule has 0 radical (unpaired) electrons. The average Bonchev–Trinajstić information content (AvgIpc) is 2.33. The van der Waals surface area contributed by atoms with Crippen LogP contribution in [0.1, 0.15) is 41.5 Å². The molecule has 18 heavy (non-hydrogen) atoms. The van der Waals surface area contributed by atoms with Gasteiger partial charge in [0.15, 0.2) is 8.32 Å². The normalized spacial score (nSPS) is 16.1. The van der Waals surface area contributed by atoms with Gasteiger partial charge >= 0.3 is 0 Å². The van der Waals surface area contributed by atoms with Crippen molar-refractivity contribution in [2.24, 2.45) is 11.3 Å². The molecule has 0 saturated carbocycles. The molecular formula is C16H32OSi. The minimum atomic E-state index is -1.58. The maximum absolute atomic E-state index is 6.56. The van der Waals surface area contributed by atoms with Gasteiger partial charge in [-0.25, -0.2) is 0 Å². The summed E-state index contributed by atoms with van der Waals surface area (Å²) >= 11 is 0. The number of rotatable bonds is 8. The second-order valence-corrected chi connectivity index (χ2v) is 10.9. The van der Waals surface area contributed by atoms with E-state index in [-0.39, 0.29) is 11.5 Å². The van der Waals surface area contributed by atoms with E-state index >= 15 is 0 Å². The van der Waals surface area contributed by atoms with Gasteiger partial charge in [0.1, 0.15) is 0 Å². The van der Waals surface area contributed by atoms with Crippen molar-refractivity contribution in [1.29, 1.82) is 0 Å². The zero-order chi connectivity index (χ0) is 14.4. The van der Waals surface area contributed by atoms with Crippen molar-refractivity contribution in [3.05, 3.63) is 25.3 Å². The van der Waals surface area contributed by atoms with Crippen LogP contribution in [0.15, 0.2) is 25.3 Å². The van der Waals surface area contributed by atoms with Crippen molar-refractivity contribution in [2.45, 2.75) is 65.8 Å². The van der Waals surface area contributed by atoms with Crippen LogP contribution in [0.2, 0.25) is 18.1 Å². The van der Waals surface area contributed by atoms with Crippen LogP contribution in [-0.4, -0.2) is 14.4 Å². The van der Waals surface area contributed by atoms with Gasteiger partial charge in [0.05, 0.1) is 6.10 Å².